The first-order chi connectivity index (χ1) is 8.88. The fourth-order valence-corrected chi connectivity index (χ4v) is 2.68. The number of aliphatic hydroxyl groups excluding tert-OH is 1. The summed E-state index contributed by atoms with van der Waals surface area (Å²) in [5, 5.41) is 9.62. The third-order valence-corrected chi connectivity index (χ3v) is 3.59. The molecular weight excluding hydrogens is 220 g/mol. The highest BCUT2D eigenvalue weighted by molar-refractivity contribution is 5.67. The molecule has 1 nitrogen and oxygen atoms in total. The van der Waals surface area contributed by atoms with Crippen molar-refractivity contribution in [2.75, 3.05) is 6.61 Å². The average Bonchev–Trinajstić information content (AvgIpc) is 2.77. The summed E-state index contributed by atoms with van der Waals surface area (Å²) in [7, 11) is 0. The van der Waals surface area contributed by atoms with Gasteiger partial charge < -0.3 is 5.11 Å². The summed E-state index contributed by atoms with van der Waals surface area (Å²) in [4.78, 5) is 0. The SMILES string of the molecule is OCC1C(Cc2ccccc2)=Cc2ccccc21. The van der Waals surface area contributed by atoms with Crippen LogP contribution < -0.4 is 0 Å². The van der Waals surface area contributed by atoms with E-state index in [1.165, 1.54) is 22.3 Å². The van der Waals surface area contributed by atoms with E-state index < -0.39 is 0 Å². The Balaban J connectivity index is 1.91. The van der Waals surface area contributed by atoms with E-state index in [2.05, 4.69) is 48.5 Å². The fourth-order valence-electron chi connectivity index (χ4n) is 2.68. The van der Waals surface area contributed by atoms with Crippen LogP contribution in [0.25, 0.3) is 6.08 Å². The summed E-state index contributed by atoms with van der Waals surface area (Å²) in [6.07, 6.45) is 3.14. The molecule has 0 amide bonds. The number of benzene rings is 2. The minimum Gasteiger partial charge on any atom is -0.395 e. The minimum absolute atomic E-state index is 0.168. The molecule has 0 bridgehead atoms. The number of fused-ring (bicyclic) bond motifs is 1. The summed E-state index contributed by atoms with van der Waals surface area (Å²) in [6.45, 7) is 0.190. The molecule has 2 aromatic carbocycles. The Bertz CT molecular complexity index is 569. The van der Waals surface area contributed by atoms with Crippen molar-refractivity contribution < 1.29 is 5.11 Å². The summed E-state index contributed by atoms with van der Waals surface area (Å²) in [6, 6.07) is 18.8. The maximum absolute atomic E-state index is 9.62. The van der Waals surface area contributed by atoms with Gasteiger partial charge in [-0.25, -0.2) is 0 Å². The van der Waals surface area contributed by atoms with Gasteiger partial charge in [0.15, 0.2) is 0 Å². The summed E-state index contributed by atoms with van der Waals surface area (Å²) in [5.74, 6) is 0.168. The van der Waals surface area contributed by atoms with Crippen LogP contribution >= 0.6 is 0 Å². The first-order valence-electron chi connectivity index (χ1n) is 6.32. The van der Waals surface area contributed by atoms with Crippen molar-refractivity contribution in [1.82, 2.24) is 0 Å². The maximum atomic E-state index is 9.62. The largest absolute Gasteiger partial charge is 0.395 e. The Morgan fingerprint density at radius 3 is 2.39 bits per heavy atom. The zero-order chi connectivity index (χ0) is 12.4. The fraction of sp³-hybridized carbons (Fsp3) is 0.176. The van der Waals surface area contributed by atoms with Gasteiger partial charge in [0.25, 0.3) is 0 Å². The lowest BCUT2D eigenvalue weighted by Crippen LogP contribution is -2.06. The lowest BCUT2D eigenvalue weighted by Gasteiger charge is -2.14. The molecule has 0 saturated heterocycles. The second-order valence-electron chi connectivity index (χ2n) is 4.75. The van der Waals surface area contributed by atoms with E-state index in [1.807, 2.05) is 12.1 Å². The summed E-state index contributed by atoms with van der Waals surface area (Å²) in [5.41, 5.74) is 5.12. The van der Waals surface area contributed by atoms with Gasteiger partial charge in [0.2, 0.25) is 0 Å². The zero-order valence-corrected chi connectivity index (χ0v) is 10.2. The normalized spacial score (nSPS) is 17.4. The number of aliphatic hydroxyl groups is 1. The molecule has 2 aromatic rings. The van der Waals surface area contributed by atoms with Gasteiger partial charge in [-0.2, -0.15) is 0 Å². The molecule has 0 aromatic heterocycles. The van der Waals surface area contributed by atoms with Crippen LogP contribution in [0.2, 0.25) is 0 Å². The van der Waals surface area contributed by atoms with Crippen molar-refractivity contribution in [2.24, 2.45) is 0 Å². The van der Waals surface area contributed by atoms with Gasteiger partial charge in [-0.15, -0.1) is 0 Å². The van der Waals surface area contributed by atoms with E-state index in [4.69, 9.17) is 0 Å². The van der Waals surface area contributed by atoms with Crippen molar-refractivity contribution >= 4 is 6.08 Å². The predicted molar refractivity (Wildman–Crippen MR) is 74.4 cm³/mol. The number of hydrogen-bond donors (Lipinski definition) is 1. The molecule has 0 spiro atoms. The Kier molecular flexibility index (Phi) is 2.99. The summed E-state index contributed by atoms with van der Waals surface area (Å²) < 4.78 is 0. The highest BCUT2D eigenvalue weighted by atomic mass is 16.3. The van der Waals surface area contributed by atoms with Crippen molar-refractivity contribution in [2.45, 2.75) is 12.3 Å². The van der Waals surface area contributed by atoms with Crippen molar-refractivity contribution in [3.8, 4) is 0 Å². The molecular formula is C17H16O. The molecule has 1 N–H and O–H groups in total. The van der Waals surface area contributed by atoms with E-state index in [1.54, 1.807) is 0 Å². The molecule has 90 valence electrons. The van der Waals surface area contributed by atoms with Crippen LogP contribution in [0.4, 0.5) is 0 Å². The van der Waals surface area contributed by atoms with Crippen molar-refractivity contribution in [3.05, 3.63) is 76.9 Å². The van der Waals surface area contributed by atoms with Gasteiger partial charge in [-0.05, 0) is 23.1 Å². The van der Waals surface area contributed by atoms with Crippen LogP contribution in [0.3, 0.4) is 0 Å². The maximum Gasteiger partial charge on any atom is 0.0537 e. The summed E-state index contributed by atoms with van der Waals surface area (Å²) >= 11 is 0. The zero-order valence-electron chi connectivity index (χ0n) is 10.2. The van der Waals surface area contributed by atoms with Gasteiger partial charge in [0, 0.05) is 5.92 Å². The molecule has 1 unspecified atom stereocenters. The second-order valence-corrected chi connectivity index (χ2v) is 4.75. The van der Waals surface area contributed by atoms with Crippen LogP contribution in [-0.2, 0) is 6.42 Å². The van der Waals surface area contributed by atoms with Crippen LogP contribution in [-0.4, -0.2) is 11.7 Å². The molecule has 1 aliphatic carbocycles. The lowest BCUT2D eigenvalue weighted by molar-refractivity contribution is 0.279. The van der Waals surface area contributed by atoms with Gasteiger partial charge in [0.1, 0.15) is 0 Å². The Labute approximate surface area is 107 Å². The van der Waals surface area contributed by atoms with E-state index >= 15 is 0 Å². The van der Waals surface area contributed by atoms with E-state index in [0.29, 0.717) is 0 Å². The molecule has 3 rings (SSSR count). The molecule has 0 radical (unpaired) electrons. The third kappa shape index (κ3) is 1.98. The van der Waals surface area contributed by atoms with E-state index in [-0.39, 0.29) is 12.5 Å². The Morgan fingerprint density at radius 1 is 0.889 bits per heavy atom. The smallest absolute Gasteiger partial charge is 0.0537 e. The first kappa shape index (κ1) is 11.2. The molecule has 18 heavy (non-hydrogen) atoms. The number of hydrogen-bond acceptors (Lipinski definition) is 1. The lowest BCUT2D eigenvalue weighted by atomic mass is 9.92. The monoisotopic (exact) mass is 236 g/mol. The molecule has 0 heterocycles. The topological polar surface area (TPSA) is 20.2 Å². The molecule has 1 heteroatoms. The molecule has 1 aliphatic rings. The standard InChI is InChI=1S/C17H16O/c18-12-17-15(10-13-6-2-1-3-7-13)11-14-8-4-5-9-16(14)17/h1-9,11,17-18H,10,12H2. The van der Waals surface area contributed by atoms with Crippen molar-refractivity contribution in [1.29, 1.82) is 0 Å². The van der Waals surface area contributed by atoms with E-state index in [0.717, 1.165) is 6.42 Å². The number of rotatable bonds is 3. The Morgan fingerprint density at radius 2 is 1.61 bits per heavy atom. The molecule has 1 atom stereocenters. The highest BCUT2D eigenvalue weighted by Gasteiger charge is 2.23. The Hall–Kier alpha value is -1.86. The van der Waals surface area contributed by atoms with Crippen LogP contribution in [0.5, 0.6) is 0 Å². The van der Waals surface area contributed by atoms with E-state index in [9.17, 15) is 5.11 Å². The average molecular weight is 236 g/mol. The molecule has 0 saturated carbocycles. The predicted octanol–water partition coefficient (Wildman–Crippen LogP) is 3.40. The van der Waals surface area contributed by atoms with Gasteiger partial charge in [-0.3, -0.25) is 0 Å². The molecule has 0 fully saturated rings. The van der Waals surface area contributed by atoms with Crippen LogP contribution in [0.15, 0.2) is 60.2 Å². The van der Waals surface area contributed by atoms with Gasteiger partial charge >= 0.3 is 0 Å². The quantitative estimate of drug-likeness (QED) is 0.866. The third-order valence-electron chi connectivity index (χ3n) is 3.59. The first-order valence-corrected chi connectivity index (χ1v) is 6.32. The van der Waals surface area contributed by atoms with Gasteiger partial charge in [0.05, 0.1) is 6.61 Å². The van der Waals surface area contributed by atoms with Gasteiger partial charge in [-0.1, -0.05) is 66.2 Å². The van der Waals surface area contributed by atoms with Crippen molar-refractivity contribution in [3.63, 3.8) is 0 Å². The van der Waals surface area contributed by atoms with Crippen LogP contribution in [0.1, 0.15) is 22.6 Å². The highest BCUT2D eigenvalue weighted by Crippen LogP contribution is 2.37. The second kappa shape index (κ2) is 4.79. The minimum atomic E-state index is 0.168. The molecule has 0 aliphatic heterocycles. The van der Waals surface area contributed by atoms with Crippen LogP contribution in [0, 0.1) is 0 Å².